The molecule has 0 saturated carbocycles. The van der Waals surface area contributed by atoms with Gasteiger partial charge >= 0.3 is 5.63 Å². The van der Waals surface area contributed by atoms with E-state index in [9.17, 15) is 9.90 Å². The molecule has 0 spiro atoms. The summed E-state index contributed by atoms with van der Waals surface area (Å²) in [4.78, 5) is 12.2. The van der Waals surface area contributed by atoms with Gasteiger partial charge in [0.05, 0.1) is 17.9 Å². The van der Waals surface area contributed by atoms with Crippen LogP contribution in [0.5, 0.6) is 11.5 Å². The number of fused-ring (bicyclic) bond motifs is 5. The molecule has 0 aliphatic carbocycles. The van der Waals surface area contributed by atoms with Gasteiger partial charge in [-0.05, 0) is 24.3 Å². The zero-order chi connectivity index (χ0) is 14.6. The van der Waals surface area contributed by atoms with Gasteiger partial charge in [0.1, 0.15) is 28.1 Å². The molecule has 104 valence electrons. The average molecular weight is 282 g/mol. The van der Waals surface area contributed by atoms with E-state index in [-0.39, 0.29) is 11.1 Å². The van der Waals surface area contributed by atoms with E-state index in [2.05, 4.69) is 0 Å². The molecule has 0 atom stereocenters. The Morgan fingerprint density at radius 3 is 2.71 bits per heavy atom. The van der Waals surface area contributed by atoms with Crippen molar-refractivity contribution >= 4 is 32.9 Å². The molecule has 4 aromatic rings. The van der Waals surface area contributed by atoms with Crippen molar-refractivity contribution in [3.63, 3.8) is 0 Å². The summed E-state index contributed by atoms with van der Waals surface area (Å²) in [6.07, 6.45) is 0. The number of ether oxygens (including phenoxy) is 1. The molecule has 1 N–H and O–H groups in total. The molecule has 2 aromatic heterocycles. The maximum absolute atomic E-state index is 12.2. The fourth-order valence-corrected chi connectivity index (χ4v) is 2.57. The van der Waals surface area contributed by atoms with E-state index in [1.54, 1.807) is 30.3 Å². The fourth-order valence-electron chi connectivity index (χ4n) is 2.57. The summed E-state index contributed by atoms with van der Waals surface area (Å²) in [5, 5.41) is 11.3. The predicted molar refractivity (Wildman–Crippen MR) is 78.0 cm³/mol. The van der Waals surface area contributed by atoms with Gasteiger partial charge in [-0.3, -0.25) is 0 Å². The fraction of sp³-hybridized carbons (Fsp3) is 0.0625. The number of phenols is 1. The third-order valence-electron chi connectivity index (χ3n) is 3.53. The molecule has 2 heterocycles. The molecule has 2 aromatic carbocycles. The smallest absolute Gasteiger partial charge is 0.348 e. The predicted octanol–water partition coefficient (Wildman–Crippen LogP) is 3.41. The van der Waals surface area contributed by atoms with Gasteiger partial charge in [0.15, 0.2) is 5.58 Å². The third kappa shape index (κ3) is 1.54. The van der Waals surface area contributed by atoms with E-state index < -0.39 is 5.63 Å². The van der Waals surface area contributed by atoms with Crippen LogP contribution >= 0.6 is 0 Å². The first-order valence-corrected chi connectivity index (χ1v) is 6.34. The quantitative estimate of drug-likeness (QED) is 0.542. The van der Waals surface area contributed by atoms with Crippen LogP contribution in [0, 0.1) is 0 Å². The SMILES string of the molecule is COc1ccc2c(c1)oc(=O)c1c2oc2cccc(O)c21. The summed E-state index contributed by atoms with van der Waals surface area (Å²) in [5.74, 6) is 0.579. The molecule has 0 unspecified atom stereocenters. The zero-order valence-corrected chi connectivity index (χ0v) is 11.0. The van der Waals surface area contributed by atoms with Crippen molar-refractivity contribution in [2.45, 2.75) is 0 Å². The molecular weight excluding hydrogens is 272 g/mol. The number of rotatable bonds is 1. The summed E-state index contributed by atoms with van der Waals surface area (Å²) in [6.45, 7) is 0. The summed E-state index contributed by atoms with van der Waals surface area (Å²) < 4.78 is 16.2. The van der Waals surface area contributed by atoms with Gasteiger partial charge in [0.25, 0.3) is 0 Å². The summed E-state index contributed by atoms with van der Waals surface area (Å²) >= 11 is 0. The number of methoxy groups -OCH3 is 1. The van der Waals surface area contributed by atoms with Crippen molar-refractivity contribution in [3.8, 4) is 11.5 Å². The second kappa shape index (κ2) is 4.02. The van der Waals surface area contributed by atoms with Crippen molar-refractivity contribution in [1.82, 2.24) is 0 Å². The Kier molecular flexibility index (Phi) is 2.27. The maximum atomic E-state index is 12.2. The van der Waals surface area contributed by atoms with Gasteiger partial charge < -0.3 is 18.7 Å². The van der Waals surface area contributed by atoms with Crippen LogP contribution in [0.3, 0.4) is 0 Å². The number of phenolic OH excluding ortho intramolecular Hbond substituents is 1. The molecule has 0 saturated heterocycles. The van der Waals surface area contributed by atoms with Crippen LogP contribution in [-0.2, 0) is 0 Å². The van der Waals surface area contributed by atoms with E-state index in [0.29, 0.717) is 33.3 Å². The lowest BCUT2D eigenvalue weighted by Crippen LogP contribution is -1.98. The standard InChI is InChI=1S/C16H10O5/c1-19-8-5-6-9-12(7-8)21-16(18)14-13-10(17)3-2-4-11(13)20-15(9)14/h2-7,17H,1H3. The van der Waals surface area contributed by atoms with Crippen molar-refractivity contribution < 1.29 is 18.7 Å². The summed E-state index contributed by atoms with van der Waals surface area (Å²) in [7, 11) is 1.54. The highest BCUT2D eigenvalue weighted by molar-refractivity contribution is 6.14. The van der Waals surface area contributed by atoms with Crippen LogP contribution < -0.4 is 10.4 Å². The van der Waals surface area contributed by atoms with E-state index in [4.69, 9.17) is 13.6 Å². The van der Waals surface area contributed by atoms with E-state index in [0.717, 1.165) is 0 Å². The van der Waals surface area contributed by atoms with Crippen LogP contribution in [0.15, 0.2) is 50.0 Å². The normalized spacial score (nSPS) is 11.5. The molecule has 0 aliphatic heterocycles. The molecule has 0 aliphatic rings. The Morgan fingerprint density at radius 2 is 1.90 bits per heavy atom. The Bertz CT molecular complexity index is 1060. The van der Waals surface area contributed by atoms with Crippen molar-refractivity contribution in [1.29, 1.82) is 0 Å². The summed E-state index contributed by atoms with van der Waals surface area (Å²) in [5.41, 5.74) is 0.678. The lowest BCUT2D eigenvalue weighted by molar-refractivity contribution is 0.414. The lowest BCUT2D eigenvalue weighted by Gasteiger charge is -2.01. The molecule has 5 heteroatoms. The highest BCUT2D eigenvalue weighted by Gasteiger charge is 2.18. The first-order valence-electron chi connectivity index (χ1n) is 6.34. The number of aromatic hydroxyl groups is 1. The first-order chi connectivity index (χ1) is 10.2. The minimum absolute atomic E-state index is 0.00795. The Morgan fingerprint density at radius 1 is 1.05 bits per heavy atom. The lowest BCUT2D eigenvalue weighted by atomic mass is 10.1. The second-order valence-corrected chi connectivity index (χ2v) is 4.71. The number of furan rings is 1. The highest BCUT2D eigenvalue weighted by Crippen LogP contribution is 2.36. The van der Waals surface area contributed by atoms with Gasteiger partial charge in [0.2, 0.25) is 0 Å². The van der Waals surface area contributed by atoms with Gasteiger partial charge in [0, 0.05) is 6.07 Å². The molecule has 0 fully saturated rings. The Labute approximate surface area is 118 Å². The third-order valence-corrected chi connectivity index (χ3v) is 3.53. The number of benzene rings is 2. The Hall–Kier alpha value is -2.95. The van der Waals surface area contributed by atoms with Crippen LogP contribution in [0.1, 0.15) is 0 Å². The largest absolute Gasteiger partial charge is 0.507 e. The molecular formula is C16H10O5. The maximum Gasteiger partial charge on any atom is 0.348 e. The van der Waals surface area contributed by atoms with Gasteiger partial charge in [-0.1, -0.05) is 6.07 Å². The minimum Gasteiger partial charge on any atom is -0.507 e. The molecule has 21 heavy (non-hydrogen) atoms. The van der Waals surface area contributed by atoms with E-state index >= 15 is 0 Å². The molecule has 4 rings (SSSR count). The molecule has 0 radical (unpaired) electrons. The second-order valence-electron chi connectivity index (χ2n) is 4.71. The van der Waals surface area contributed by atoms with Gasteiger partial charge in [-0.25, -0.2) is 4.79 Å². The average Bonchev–Trinajstić information content (AvgIpc) is 2.88. The molecule has 0 bridgehead atoms. The van der Waals surface area contributed by atoms with Crippen LogP contribution in [0.25, 0.3) is 32.9 Å². The Balaban J connectivity index is 2.28. The summed E-state index contributed by atoms with van der Waals surface area (Å²) in [6, 6.07) is 10.0. The monoisotopic (exact) mass is 282 g/mol. The van der Waals surface area contributed by atoms with Crippen LogP contribution in [-0.4, -0.2) is 12.2 Å². The highest BCUT2D eigenvalue weighted by atomic mass is 16.5. The van der Waals surface area contributed by atoms with Crippen molar-refractivity contribution in [3.05, 3.63) is 46.8 Å². The van der Waals surface area contributed by atoms with Crippen LogP contribution in [0.2, 0.25) is 0 Å². The number of hydrogen-bond acceptors (Lipinski definition) is 5. The first kappa shape index (κ1) is 11.8. The molecule has 5 nitrogen and oxygen atoms in total. The topological polar surface area (TPSA) is 72.8 Å². The number of hydrogen-bond donors (Lipinski definition) is 1. The van der Waals surface area contributed by atoms with Gasteiger partial charge in [-0.15, -0.1) is 0 Å². The van der Waals surface area contributed by atoms with Crippen molar-refractivity contribution in [2.24, 2.45) is 0 Å². The molecule has 0 amide bonds. The minimum atomic E-state index is -0.550. The van der Waals surface area contributed by atoms with Crippen molar-refractivity contribution in [2.75, 3.05) is 7.11 Å². The van der Waals surface area contributed by atoms with E-state index in [1.807, 2.05) is 0 Å². The van der Waals surface area contributed by atoms with Gasteiger partial charge in [-0.2, -0.15) is 0 Å². The van der Waals surface area contributed by atoms with E-state index in [1.165, 1.54) is 13.2 Å². The zero-order valence-electron chi connectivity index (χ0n) is 11.0. The van der Waals surface area contributed by atoms with Crippen LogP contribution in [0.4, 0.5) is 0 Å².